The summed E-state index contributed by atoms with van der Waals surface area (Å²) in [5.41, 5.74) is 4.29. The minimum absolute atomic E-state index is 0.0925. The molecule has 3 aromatic rings. The summed E-state index contributed by atoms with van der Waals surface area (Å²) in [6.07, 6.45) is 2.09. The highest BCUT2D eigenvalue weighted by molar-refractivity contribution is 7.12. The molecule has 1 fully saturated rings. The number of hydrogen-bond donors (Lipinski definition) is 2. The molecule has 0 saturated heterocycles. The number of carbonyl (C=O) groups excluding carboxylic acids is 2. The summed E-state index contributed by atoms with van der Waals surface area (Å²) < 4.78 is 0. The summed E-state index contributed by atoms with van der Waals surface area (Å²) in [7, 11) is 0. The highest BCUT2D eigenvalue weighted by Crippen LogP contribution is 2.29. The number of hydrogen-bond acceptors (Lipinski definition) is 3. The van der Waals surface area contributed by atoms with E-state index in [-0.39, 0.29) is 11.8 Å². The van der Waals surface area contributed by atoms with E-state index in [0.29, 0.717) is 22.2 Å². The molecule has 2 amide bonds. The van der Waals surface area contributed by atoms with Crippen molar-refractivity contribution in [2.24, 2.45) is 0 Å². The van der Waals surface area contributed by atoms with E-state index in [4.69, 9.17) is 0 Å². The zero-order valence-electron chi connectivity index (χ0n) is 15.0. The first-order valence-corrected chi connectivity index (χ1v) is 9.85. The Balaban J connectivity index is 1.52. The Kier molecular flexibility index (Phi) is 4.77. The summed E-state index contributed by atoms with van der Waals surface area (Å²) in [5.74, 6) is -0.259. The molecule has 2 aromatic carbocycles. The molecule has 1 aliphatic carbocycles. The third-order valence-corrected chi connectivity index (χ3v) is 5.44. The molecule has 1 aliphatic rings. The van der Waals surface area contributed by atoms with Gasteiger partial charge in [0.1, 0.15) is 0 Å². The van der Waals surface area contributed by atoms with Gasteiger partial charge in [-0.05, 0) is 55.0 Å². The topological polar surface area (TPSA) is 58.2 Å². The van der Waals surface area contributed by atoms with Gasteiger partial charge in [0.2, 0.25) is 0 Å². The van der Waals surface area contributed by atoms with Crippen LogP contribution in [-0.4, -0.2) is 17.9 Å². The number of benzene rings is 2. The third kappa shape index (κ3) is 4.09. The summed E-state index contributed by atoms with van der Waals surface area (Å²) in [4.78, 5) is 25.7. The van der Waals surface area contributed by atoms with Crippen LogP contribution in [0.4, 0.5) is 5.69 Å². The van der Waals surface area contributed by atoms with E-state index < -0.39 is 0 Å². The molecule has 1 heterocycles. The summed E-state index contributed by atoms with van der Waals surface area (Å²) in [6, 6.07) is 17.5. The zero-order valence-corrected chi connectivity index (χ0v) is 15.8. The Bertz CT molecular complexity index is 988. The molecule has 2 N–H and O–H groups in total. The van der Waals surface area contributed by atoms with Crippen molar-refractivity contribution in [3.63, 3.8) is 0 Å². The van der Waals surface area contributed by atoms with Gasteiger partial charge in [-0.25, -0.2) is 0 Å². The lowest BCUT2D eigenvalue weighted by Crippen LogP contribution is -2.25. The van der Waals surface area contributed by atoms with E-state index in [1.165, 1.54) is 16.9 Å². The second kappa shape index (κ2) is 7.37. The van der Waals surface area contributed by atoms with Crippen molar-refractivity contribution in [2.75, 3.05) is 5.32 Å². The fourth-order valence-electron chi connectivity index (χ4n) is 2.87. The Hall–Kier alpha value is -2.92. The van der Waals surface area contributed by atoms with Gasteiger partial charge in [-0.3, -0.25) is 9.59 Å². The monoisotopic (exact) mass is 376 g/mol. The highest BCUT2D eigenvalue weighted by Gasteiger charge is 2.24. The van der Waals surface area contributed by atoms with Gasteiger partial charge in [-0.1, -0.05) is 35.9 Å². The van der Waals surface area contributed by atoms with Crippen molar-refractivity contribution in [1.29, 1.82) is 0 Å². The molecule has 136 valence electrons. The van der Waals surface area contributed by atoms with Crippen molar-refractivity contribution in [1.82, 2.24) is 5.32 Å². The highest BCUT2D eigenvalue weighted by atomic mass is 32.1. The maximum absolute atomic E-state index is 12.8. The average Bonchev–Trinajstić information content (AvgIpc) is 3.34. The smallest absolute Gasteiger partial charge is 0.266 e. The molecule has 1 aromatic heterocycles. The van der Waals surface area contributed by atoms with Crippen LogP contribution in [0.3, 0.4) is 0 Å². The molecule has 0 radical (unpaired) electrons. The molecule has 4 nitrogen and oxygen atoms in total. The number of nitrogens with one attached hydrogen (secondary N) is 2. The van der Waals surface area contributed by atoms with Crippen LogP contribution in [-0.2, 0) is 0 Å². The molecule has 5 heteroatoms. The van der Waals surface area contributed by atoms with Crippen LogP contribution >= 0.6 is 11.3 Å². The molecule has 0 aliphatic heterocycles. The maximum Gasteiger partial charge on any atom is 0.266 e. The first-order valence-electron chi connectivity index (χ1n) is 8.97. The van der Waals surface area contributed by atoms with Gasteiger partial charge in [-0.2, -0.15) is 0 Å². The Morgan fingerprint density at radius 1 is 1.00 bits per heavy atom. The van der Waals surface area contributed by atoms with Crippen molar-refractivity contribution in [2.45, 2.75) is 25.8 Å². The van der Waals surface area contributed by atoms with Gasteiger partial charge in [0.05, 0.1) is 4.88 Å². The average molecular weight is 376 g/mol. The van der Waals surface area contributed by atoms with Crippen LogP contribution in [0.5, 0.6) is 0 Å². The van der Waals surface area contributed by atoms with E-state index in [1.807, 2.05) is 42.6 Å². The van der Waals surface area contributed by atoms with E-state index in [0.717, 1.165) is 24.0 Å². The van der Waals surface area contributed by atoms with Crippen LogP contribution in [0.2, 0.25) is 0 Å². The van der Waals surface area contributed by atoms with Crippen molar-refractivity contribution >= 4 is 28.8 Å². The lowest BCUT2D eigenvalue weighted by molar-refractivity contribution is 0.0949. The fourth-order valence-corrected chi connectivity index (χ4v) is 3.68. The predicted molar refractivity (Wildman–Crippen MR) is 109 cm³/mol. The van der Waals surface area contributed by atoms with Crippen LogP contribution in [0.1, 0.15) is 38.4 Å². The first-order chi connectivity index (χ1) is 13.1. The predicted octanol–water partition coefficient (Wildman–Crippen LogP) is 4.87. The normalized spacial score (nSPS) is 13.2. The standard InChI is InChI=1S/C22H20N2O2S/c1-14-5-7-15(8-6-14)19-11-12-27-20(19)22(26)24-18-4-2-3-16(13-18)21(25)23-17-9-10-17/h2-8,11-13,17H,9-10H2,1H3,(H,23,25)(H,24,26). The van der Waals surface area contributed by atoms with Gasteiger partial charge >= 0.3 is 0 Å². The molecular formula is C22H20N2O2S. The van der Waals surface area contributed by atoms with Gasteiger partial charge in [0.25, 0.3) is 11.8 Å². The first kappa shape index (κ1) is 17.5. The molecule has 1 saturated carbocycles. The second-order valence-corrected chi connectivity index (χ2v) is 7.73. The van der Waals surface area contributed by atoms with Crippen molar-refractivity contribution in [3.05, 3.63) is 76.0 Å². The lowest BCUT2D eigenvalue weighted by atomic mass is 10.0. The minimum Gasteiger partial charge on any atom is -0.349 e. The SMILES string of the molecule is Cc1ccc(-c2ccsc2C(=O)Nc2cccc(C(=O)NC3CC3)c2)cc1. The Morgan fingerprint density at radius 2 is 1.78 bits per heavy atom. The Labute approximate surface area is 162 Å². The van der Waals surface area contributed by atoms with Gasteiger partial charge < -0.3 is 10.6 Å². The zero-order chi connectivity index (χ0) is 18.8. The van der Waals surface area contributed by atoms with Crippen LogP contribution < -0.4 is 10.6 Å². The number of thiophene rings is 1. The van der Waals surface area contributed by atoms with Crippen LogP contribution in [0, 0.1) is 6.92 Å². The molecule has 0 bridgehead atoms. The number of anilines is 1. The quantitative estimate of drug-likeness (QED) is 0.667. The molecule has 0 unspecified atom stereocenters. The largest absolute Gasteiger partial charge is 0.349 e. The summed E-state index contributed by atoms with van der Waals surface area (Å²) in [6.45, 7) is 2.04. The van der Waals surface area contributed by atoms with Crippen molar-refractivity contribution < 1.29 is 9.59 Å². The maximum atomic E-state index is 12.8. The van der Waals surface area contributed by atoms with Gasteiger partial charge in [-0.15, -0.1) is 11.3 Å². The Morgan fingerprint density at radius 3 is 2.52 bits per heavy atom. The summed E-state index contributed by atoms with van der Waals surface area (Å²) in [5, 5.41) is 7.81. The molecule has 4 rings (SSSR count). The van der Waals surface area contributed by atoms with E-state index in [9.17, 15) is 9.59 Å². The van der Waals surface area contributed by atoms with Crippen LogP contribution in [0.25, 0.3) is 11.1 Å². The molecule has 0 atom stereocenters. The summed E-state index contributed by atoms with van der Waals surface area (Å²) >= 11 is 1.41. The third-order valence-electron chi connectivity index (χ3n) is 4.53. The van der Waals surface area contributed by atoms with E-state index in [1.54, 1.807) is 24.3 Å². The molecule has 27 heavy (non-hydrogen) atoms. The number of amides is 2. The fraction of sp³-hybridized carbons (Fsp3) is 0.182. The van der Waals surface area contributed by atoms with Gasteiger partial charge in [0.15, 0.2) is 0 Å². The van der Waals surface area contributed by atoms with Crippen LogP contribution in [0.15, 0.2) is 60.0 Å². The number of rotatable bonds is 5. The minimum atomic E-state index is -0.166. The number of aryl methyl sites for hydroxylation is 1. The lowest BCUT2D eigenvalue weighted by Gasteiger charge is -2.09. The molecular weight excluding hydrogens is 356 g/mol. The van der Waals surface area contributed by atoms with Crippen molar-refractivity contribution in [3.8, 4) is 11.1 Å². The second-order valence-electron chi connectivity index (χ2n) is 6.81. The van der Waals surface area contributed by atoms with Gasteiger partial charge in [0, 0.05) is 22.9 Å². The number of carbonyl (C=O) groups is 2. The van der Waals surface area contributed by atoms with E-state index in [2.05, 4.69) is 10.6 Å². The molecule has 0 spiro atoms. The van der Waals surface area contributed by atoms with E-state index >= 15 is 0 Å².